The number of carbonyl (C=O) groups is 4. The van der Waals surface area contributed by atoms with E-state index in [-0.39, 0.29) is 54.9 Å². The minimum atomic E-state index is -0.909. The molecule has 6 atom stereocenters. The van der Waals surface area contributed by atoms with Gasteiger partial charge >= 0.3 is 12.2 Å². The van der Waals surface area contributed by atoms with Gasteiger partial charge in [-0.25, -0.2) is 19.6 Å². The quantitative estimate of drug-likeness (QED) is 0.125. The molecule has 3 aromatic carbocycles. The minimum Gasteiger partial charge on any atom is -0.453 e. The highest BCUT2D eigenvalue weighted by Crippen LogP contribution is 2.52. The van der Waals surface area contributed by atoms with Gasteiger partial charge in [-0.15, -0.1) is 0 Å². The van der Waals surface area contributed by atoms with Crippen molar-refractivity contribution in [2.45, 2.75) is 89.1 Å². The number of carbonyl (C=O) groups excluding carboxylic acids is 4. The summed E-state index contributed by atoms with van der Waals surface area (Å²) in [5, 5.41) is 7.55. The van der Waals surface area contributed by atoms with Gasteiger partial charge in [-0.3, -0.25) is 14.4 Å². The highest BCUT2D eigenvalue weighted by molar-refractivity contribution is 5.92. The molecular formula is C49H58N8O9. The summed E-state index contributed by atoms with van der Waals surface area (Å²) in [7, 11) is 2.52. The number of aromatic nitrogens is 4. The number of H-pyrrole nitrogens is 2. The number of hydrogen-bond acceptors (Lipinski definition) is 11. The van der Waals surface area contributed by atoms with E-state index in [2.05, 4.69) is 56.5 Å². The first-order valence-electron chi connectivity index (χ1n) is 23.0. The molecule has 0 radical (unpaired) electrons. The zero-order valence-electron chi connectivity index (χ0n) is 38.1. The third-order valence-corrected chi connectivity index (χ3v) is 14.6. The first-order chi connectivity index (χ1) is 31.9. The fourth-order valence-corrected chi connectivity index (χ4v) is 11.3. The van der Waals surface area contributed by atoms with Crippen molar-refractivity contribution >= 4 is 45.7 Å². The second-order valence-corrected chi connectivity index (χ2v) is 18.4. The summed E-state index contributed by atoms with van der Waals surface area (Å²) < 4.78 is 21.5. The van der Waals surface area contributed by atoms with E-state index in [1.54, 1.807) is 17.2 Å². The number of rotatable bonds is 9. The van der Waals surface area contributed by atoms with Gasteiger partial charge in [-0.05, 0) is 83.2 Å². The Balaban J connectivity index is 0.995. The average molecular weight is 903 g/mol. The van der Waals surface area contributed by atoms with Crippen LogP contribution in [0.2, 0.25) is 0 Å². The number of piperidine rings is 1. The van der Waals surface area contributed by atoms with Crippen molar-refractivity contribution in [3.8, 4) is 22.4 Å². The molecule has 1 aliphatic carbocycles. The highest BCUT2D eigenvalue weighted by atomic mass is 16.7. The van der Waals surface area contributed by atoms with Gasteiger partial charge in [0.1, 0.15) is 30.3 Å². The summed E-state index contributed by atoms with van der Waals surface area (Å²) in [4.78, 5) is 85.7. The maximum absolute atomic E-state index is 14.2. The van der Waals surface area contributed by atoms with Crippen LogP contribution in [0.15, 0.2) is 65.6 Å². The Morgan fingerprint density at radius 2 is 1.47 bits per heavy atom. The summed E-state index contributed by atoms with van der Waals surface area (Å²) in [6.07, 6.45) is 6.20. The van der Waals surface area contributed by atoms with Gasteiger partial charge in [0.15, 0.2) is 5.79 Å². The van der Waals surface area contributed by atoms with Crippen LogP contribution in [-0.4, -0.2) is 113 Å². The maximum Gasteiger partial charge on any atom is 0.407 e. The Labute approximate surface area is 382 Å². The number of amides is 4. The van der Waals surface area contributed by atoms with Gasteiger partial charge < -0.3 is 49.3 Å². The van der Waals surface area contributed by atoms with E-state index in [1.807, 2.05) is 43.0 Å². The molecule has 17 heteroatoms. The standard InChI is InChI=1S/C49H58N8O9/c1-6-48(23-36-28(2)9-7-8-10-39(36)57(48)41(59)26-52-47(62)64-5)45-54-37-21-33(15-16-35(37)44(60)55-45)31-11-12-32-20-34(14-13-30(32)19-31)38-24-50-43(53-38)42-29(3)22-49(65-17-18-66-49)27-56(42)40(58)25-51-46(61)63-4/h11-16,19-21,24,28-29,36,39,42H,6-10,17-18,22-23,25-27H2,1-5H3,(H,50,53)(H,51,61)(H,52,62)(H,54,55,60). The van der Waals surface area contributed by atoms with Crippen LogP contribution in [0.25, 0.3) is 44.1 Å². The third-order valence-electron chi connectivity index (χ3n) is 14.6. The molecule has 4 aliphatic rings. The normalized spacial score (nSPS) is 24.8. The minimum absolute atomic E-state index is 0.0461. The van der Waals surface area contributed by atoms with E-state index >= 15 is 0 Å². The number of fused-ring (bicyclic) bond motifs is 3. The number of imidazole rings is 1. The summed E-state index contributed by atoms with van der Waals surface area (Å²) in [5.74, 6) is 0.155. The van der Waals surface area contributed by atoms with Crippen LogP contribution in [0.1, 0.15) is 83.4 Å². The predicted octanol–water partition coefficient (Wildman–Crippen LogP) is 6.53. The first kappa shape index (κ1) is 44.9. The molecule has 5 heterocycles. The number of aromatic amines is 2. The number of hydrogen-bond donors (Lipinski definition) is 4. The van der Waals surface area contributed by atoms with Crippen LogP contribution < -0.4 is 16.2 Å². The Morgan fingerprint density at radius 3 is 2.18 bits per heavy atom. The fourth-order valence-electron chi connectivity index (χ4n) is 11.3. The smallest absolute Gasteiger partial charge is 0.407 e. The van der Waals surface area contributed by atoms with Crippen LogP contribution in [0.5, 0.6) is 0 Å². The van der Waals surface area contributed by atoms with Crippen LogP contribution >= 0.6 is 0 Å². The molecule has 2 aromatic heterocycles. The van der Waals surface area contributed by atoms with Crippen molar-refractivity contribution in [2.24, 2.45) is 17.8 Å². The van der Waals surface area contributed by atoms with E-state index in [0.717, 1.165) is 58.8 Å². The zero-order chi connectivity index (χ0) is 46.3. The van der Waals surface area contributed by atoms with E-state index in [1.165, 1.54) is 14.2 Å². The molecule has 9 rings (SSSR count). The van der Waals surface area contributed by atoms with E-state index in [0.29, 0.717) is 60.9 Å². The molecule has 66 heavy (non-hydrogen) atoms. The van der Waals surface area contributed by atoms with Gasteiger partial charge in [0.05, 0.1) is 62.8 Å². The van der Waals surface area contributed by atoms with Crippen LogP contribution in [0, 0.1) is 17.8 Å². The number of nitrogens with one attached hydrogen (secondary N) is 4. The summed E-state index contributed by atoms with van der Waals surface area (Å²) in [5.41, 5.74) is 2.94. The van der Waals surface area contributed by atoms with E-state index < -0.39 is 29.6 Å². The van der Waals surface area contributed by atoms with E-state index in [4.69, 9.17) is 24.2 Å². The van der Waals surface area contributed by atoms with Crippen LogP contribution in [0.3, 0.4) is 0 Å². The summed E-state index contributed by atoms with van der Waals surface area (Å²) in [6.45, 7) is 6.95. The lowest BCUT2D eigenvalue weighted by atomic mass is 9.81. The molecule has 0 bridgehead atoms. The van der Waals surface area contributed by atoms with Gasteiger partial charge in [0.25, 0.3) is 5.56 Å². The van der Waals surface area contributed by atoms with Gasteiger partial charge in [-0.2, -0.15) is 0 Å². The predicted molar refractivity (Wildman–Crippen MR) is 245 cm³/mol. The molecule has 3 aliphatic heterocycles. The number of nitrogens with zero attached hydrogens (tertiary/aromatic N) is 4. The second-order valence-electron chi connectivity index (χ2n) is 18.4. The molecule has 3 saturated heterocycles. The number of alkyl carbamates (subject to hydrolysis) is 2. The molecule has 1 saturated carbocycles. The SMILES string of the molecule is CCC1(c2nc3cc(-c4ccc5cc(-c6cnc(C7C(C)CC8(CN7C(=O)CNC(=O)OC)OCCO8)[nH]6)ccc5c4)ccc3c(=O)[nH]2)CC2C(C)CCCCC2N1C(=O)CNC(=O)OC. The molecule has 1 spiro atoms. The number of methoxy groups -OCH3 is 2. The lowest BCUT2D eigenvalue weighted by Crippen LogP contribution is -2.57. The van der Waals surface area contributed by atoms with Gasteiger partial charge in [0.2, 0.25) is 11.8 Å². The molecule has 17 nitrogen and oxygen atoms in total. The Bertz CT molecular complexity index is 2730. The van der Waals surface area contributed by atoms with Crippen molar-refractivity contribution in [1.29, 1.82) is 0 Å². The summed E-state index contributed by atoms with van der Waals surface area (Å²) >= 11 is 0. The molecule has 4 fully saturated rings. The molecular weight excluding hydrogens is 845 g/mol. The molecule has 6 unspecified atom stereocenters. The first-order valence-corrected chi connectivity index (χ1v) is 23.0. The monoisotopic (exact) mass is 902 g/mol. The van der Waals surface area contributed by atoms with Crippen molar-refractivity contribution in [1.82, 2.24) is 40.4 Å². The topological polar surface area (TPSA) is 210 Å². The van der Waals surface area contributed by atoms with Crippen molar-refractivity contribution in [2.75, 3.05) is 47.1 Å². The lowest BCUT2D eigenvalue weighted by molar-refractivity contribution is -0.212. The Kier molecular flexibility index (Phi) is 12.3. The number of ether oxygens (including phenoxy) is 4. The second kappa shape index (κ2) is 18.2. The summed E-state index contributed by atoms with van der Waals surface area (Å²) in [6, 6.07) is 17.6. The van der Waals surface area contributed by atoms with E-state index in [9.17, 15) is 24.0 Å². The zero-order valence-corrected chi connectivity index (χ0v) is 38.1. The maximum atomic E-state index is 14.2. The molecule has 5 aromatic rings. The van der Waals surface area contributed by atoms with Gasteiger partial charge in [-0.1, -0.05) is 70.4 Å². The molecule has 348 valence electrons. The molecule has 4 amide bonds. The third kappa shape index (κ3) is 8.27. The number of benzene rings is 3. The van der Waals surface area contributed by atoms with Crippen molar-refractivity contribution in [3.05, 3.63) is 82.8 Å². The average Bonchev–Trinajstić information content (AvgIpc) is 4.06. The highest BCUT2D eigenvalue weighted by Gasteiger charge is 2.56. The van der Waals surface area contributed by atoms with Crippen molar-refractivity contribution < 1.29 is 38.1 Å². The van der Waals surface area contributed by atoms with Gasteiger partial charge in [0, 0.05) is 18.0 Å². The Morgan fingerprint density at radius 1 is 0.818 bits per heavy atom. The van der Waals surface area contributed by atoms with Crippen LogP contribution in [-0.2, 0) is 34.1 Å². The lowest BCUT2D eigenvalue weighted by Gasteiger charge is -2.46. The number of likely N-dealkylation sites (tertiary alicyclic amines) is 2. The fraction of sp³-hybridized carbons (Fsp3) is 0.490. The van der Waals surface area contributed by atoms with Crippen LogP contribution in [0.4, 0.5) is 9.59 Å². The largest absolute Gasteiger partial charge is 0.453 e. The Hall–Kier alpha value is -6.33. The molecule has 4 N–H and O–H groups in total. The van der Waals surface area contributed by atoms with Crippen molar-refractivity contribution in [3.63, 3.8) is 0 Å².